The number of rotatable bonds is 5. The van der Waals surface area contributed by atoms with E-state index >= 15 is 0 Å². The third-order valence-corrected chi connectivity index (χ3v) is 6.73. The van der Waals surface area contributed by atoms with Gasteiger partial charge in [0, 0.05) is 38.8 Å². The minimum absolute atomic E-state index is 0.0743. The smallest absolute Gasteiger partial charge is 0.279 e. The van der Waals surface area contributed by atoms with Crippen molar-refractivity contribution in [2.24, 2.45) is 0 Å². The lowest BCUT2D eigenvalue weighted by molar-refractivity contribution is 0.198. The van der Waals surface area contributed by atoms with E-state index in [4.69, 9.17) is 0 Å². The molecule has 2 fully saturated rings. The number of nitrogens with one attached hydrogen (secondary N) is 1. The molecule has 0 amide bonds. The second-order valence-corrected chi connectivity index (χ2v) is 8.67. The molecule has 2 aliphatic rings. The molecule has 134 valence electrons. The van der Waals surface area contributed by atoms with Gasteiger partial charge in [-0.2, -0.15) is 17.4 Å². The van der Waals surface area contributed by atoms with Crippen LogP contribution in [0.3, 0.4) is 0 Å². The molecule has 24 heavy (non-hydrogen) atoms. The molecule has 5 nitrogen and oxygen atoms in total. The normalized spacial score (nSPS) is 22.3. The summed E-state index contributed by atoms with van der Waals surface area (Å²) in [5.74, 6) is 0. The summed E-state index contributed by atoms with van der Waals surface area (Å²) in [5, 5.41) is 0. The maximum atomic E-state index is 12.6. The predicted octanol–water partition coefficient (Wildman–Crippen LogP) is 2.36. The number of likely N-dealkylation sites (tertiary alicyclic amines) is 1. The van der Waals surface area contributed by atoms with Gasteiger partial charge in [-0.25, -0.2) is 0 Å². The van der Waals surface area contributed by atoms with Crippen molar-refractivity contribution < 1.29 is 8.42 Å². The quantitative estimate of drug-likeness (QED) is 0.886. The molecule has 0 aromatic heterocycles. The summed E-state index contributed by atoms with van der Waals surface area (Å²) >= 11 is 0. The highest BCUT2D eigenvalue weighted by Crippen LogP contribution is 2.17. The van der Waals surface area contributed by atoms with Crippen molar-refractivity contribution in [2.75, 3.05) is 26.2 Å². The standard InChI is InChI=1S/C18H29N3O2S/c22-24(23,21-12-6-1-2-7-13-21)19-18-10-14-20(15-11-18)16-17-8-4-3-5-9-17/h3-5,8-9,18-19H,1-2,6-7,10-16H2. The first-order valence-corrected chi connectivity index (χ1v) is 10.6. The molecule has 0 atom stereocenters. The Morgan fingerprint density at radius 1 is 0.917 bits per heavy atom. The molecule has 2 heterocycles. The fourth-order valence-electron chi connectivity index (χ4n) is 3.62. The Kier molecular flexibility index (Phi) is 6.27. The number of piperidine rings is 1. The van der Waals surface area contributed by atoms with Crippen molar-refractivity contribution >= 4 is 10.2 Å². The first-order chi connectivity index (χ1) is 11.6. The molecular weight excluding hydrogens is 322 g/mol. The van der Waals surface area contributed by atoms with Gasteiger partial charge in [-0.05, 0) is 31.2 Å². The van der Waals surface area contributed by atoms with E-state index in [-0.39, 0.29) is 6.04 Å². The minimum atomic E-state index is -3.32. The van der Waals surface area contributed by atoms with Gasteiger partial charge in [0.1, 0.15) is 0 Å². The van der Waals surface area contributed by atoms with Crippen molar-refractivity contribution in [1.82, 2.24) is 13.9 Å². The molecule has 1 aromatic rings. The average Bonchev–Trinajstić information content (AvgIpc) is 2.87. The fourth-order valence-corrected chi connectivity index (χ4v) is 5.16. The van der Waals surface area contributed by atoms with Crippen LogP contribution in [-0.2, 0) is 16.8 Å². The topological polar surface area (TPSA) is 52.7 Å². The van der Waals surface area contributed by atoms with Gasteiger partial charge in [-0.1, -0.05) is 43.2 Å². The summed E-state index contributed by atoms with van der Waals surface area (Å²) in [6.45, 7) is 4.18. The zero-order valence-corrected chi connectivity index (χ0v) is 15.2. The van der Waals surface area contributed by atoms with E-state index in [0.717, 1.165) is 58.2 Å². The molecule has 0 bridgehead atoms. The molecule has 3 rings (SSSR count). The number of nitrogens with zero attached hydrogens (tertiary/aromatic N) is 2. The minimum Gasteiger partial charge on any atom is -0.299 e. The van der Waals surface area contributed by atoms with Gasteiger partial charge in [0.25, 0.3) is 10.2 Å². The number of benzene rings is 1. The van der Waals surface area contributed by atoms with Crippen LogP contribution in [0.1, 0.15) is 44.1 Å². The predicted molar refractivity (Wildman–Crippen MR) is 96.8 cm³/mol. The van der Waals surface area contributed by atoms with Crippen molar-refractivity contribution in [2.45, 2.75) is 51.1 Å². The highest BCUT2D eigenvalue weighted by Gasteiger charge is 2.28. The van der Waals surface area contributed by atoms with Crippen LogP contribution in [0.25, 0.3) is 0 Å². The van der Waals surface area contributed by atoms with E-state index in [1.165, 1.54) is 5.56 Å². The van der Waals surface area contributed by atoms with E-state index in [2.05, 4.69) is 33.9 Å². The van der Waals surface area contributed by atoms with Gasteiger partial charge < -0.3 is 0 Å². The van der Waals surface area contributed by atoms with Gasteiger partial charge in [0.15, 0.2) is 0 Å². The zero-order valence-electron chi connectivity index (χ0n) is 14.4. The molecular formula is C18H29N3O2S. The fraction of sp³-hybridized carbons (Fsp3) is 0.667. The van der Waals surface area contributed by atoms with Gasteiger partial charge in [-0.3, -0.25) is 4.90 Å². The molecule has 1 aromatic carbocycles. The monoisotopic (exact) mass is 351 g/mol. The molecule has 2 aliphatic heterocycles. The lowest BCUT2D eigenvalue weighted by Gasteiger charge is -2.33. The summed E-state index contributed by atoms with van der Waals surface area (Å²) in [6, 6.07) is 10.5. The molecule has 0 unspecified atom stereocenters. The van der Waals surface area contributed by atoms with Crippen LogP contribution in [0.2, 0.25) is 0 Å². The van der Waals surface area contributed by atoms with Gasteiger partial charge >= 0.3 is 0 Å². The van der Waals surface area contributed by atoms with Crippen LogP contribution in [0.5, 0.6) is 0 Å². The molecule has 0 aliphatic carbocycles. The molecule has 0 radical (unpaired) electrons. The Morgan fingerprint density at radius 2 is 1.54 bits per heavy atom. The van der Waals surface area contributed by atoms with Crippen LogP contribution < -0.4 is 4.72 Å². The summed E-state index contributed by atoms with van der Waals surface area (Å²) in [5.41, 5.74) is 1.32. The zero-order chi connectivity index (χ0) is 16.8. The number of hydrogen-bond donors (Lipinski definition) is 1. The second kappa shape index (κ2) is 8.43. The first-order valence-electron chi connectivity index (χ1n) is 9.17. The van der Waals surface area contributed by atoms with Crippen LogP contribution in [0.15, 0.2) is 30.3 Å². The molecule has 6 heteroatoms. The third kappa shape index (κ3) is 5.02. The highest BCUT2D eigenvalue weighted by atomic mass is 32.2. The SMILES string of the molecule is O=S(=O)(NC1CCN(Cc2ccccc2)CC1)N1CCCCCC1. The lowest BCUT2D eigenvalue weighted by Crippen LogP contribution is -2.49. The van der Waals surface area contributed by atoms with Crippen LogP contribution in [0.4, 0.5) is 0 Å². The first kappa shape index (κ1) is 17.9. The largest absolute Gasteiger partial charge is 0.299 e. The summed E-state index contributed by atoms with van der Waals surface area (Å²) in [6.07, 6.45) is 6.03. The second-order valence-electron chi connectivity index (χ2n) is 6.97. The van der Waals surface area contributed by atoms with Gasteiger partial charge in [-0.15, -0.1) is 0 Å². The third-order valence-electron chi connectivity index (χ3n) is 5.06. The molecule has 0 saturated carbocycles. The Labute approximate surface area is 146 Å². The molecule has 2 saturated heterocycles. The Balaban J connectivity index is 1.47. The summed E-state index contributed by atoms with van der Waals surface area (Å²) in [4.78, 5) is 2.41. The van der Waals surface area contributed by atoms with E-state index in [1.807, 2.05) is 6.07 Å². The van der Waals surface area contributed by atoms with E-state index in [0.29, 0.717) is 13.1 Å². The van der Waals surface area contributed by atoms with E-state index in [1.54, 1.807) is 4.31 Å². The Morgan fingerprint density at radius 3 is 2.17 bits per heavy atom. The van der Waals surface area contributed by atoms with Crippen molar-refractivity contribution in [3.8, 4) is 0 Å². The van der Waals surface area contributed by atoms with Crippen molar-refractivity contribution in [3.05, 3.63) is 35.9 Å². The van der Waals surface area contributed by atoms with Crippen LogP contribution in [-0.4, -0.2) is 49.8 Å². The summed E-state index contributed by atoms with van der Waals surface area (Å²) < 4.78 is 29.8. The average molecular weight is 352 g/mol. The van der Waals surface area contributed by atoms with E-state index in [9.17, 15) is 8.42 Å². The number of hydrogen-bond acceptors (Lipinski definition) is 3. The lowest BCUT2D eigenvalue weighted by atomic mass is 10.1. The van der Waals surface area contributed by atoms with Crippen LogP contribution in [0, 0.1) is 0 Å². The van der Waals surface area contributed by atoms with Crippen molar-refractivity contribution in [1.29, 1.82) is 0 Å². The van der Waals surface area contributed by atoms with Crippen LogP contribution >= 0.6 is 0 Å². The Bertz CT molecular complexity index is 590. The summed E-state index contributed by atoms with van der Waals surface area (Å²) in [7, 11) is -3.32. The highest BCUT2D eigenvalue weighted by molar-refractivity contribution is 7.87. The maximum absolute atomic E-state index is 12.6. The van der Waals surface area contributed by atoms with Gasteiger partial charge in [0.05, 0.1) is 0 Å². The molecule has 0 spiro atoms. The molecule has 1 N–H and O–H groups in total. The van der Waals surface area contributed by atoms with Gasteiger partial charge in [0.2, 0.25) is 0 Å². The maximum Gasteiger partial charge on any atom is 0.279 e. The van der Waals surface area contributed by atoms with Crippen molar-refractivity contribution in [3.63, 3.8) is 0 Å². The Hall–Kier alpha value is -0.950. The van der Waals surface area contributed by atoms with E-state index < -0.39 is 10.2 Å².